The first-order chi connectivity index (χ1) is 20.6. The SMILES string of the molecule is CC(=O)C1=C(C)N(c2cccc(C(F)(F)F)c2)C(=O)C(C(=O)NCc2ccc(OC(F)(F)F)cc2)C1c1ccc(C#N)cc1. The highest BCUT2D eigenvalue weighted by molar-refractivity contribution is 6.15. The zero-order valence-electron chi connectivity index (χ0n) is 23.1. The van der Waals surface area contributed by atoms with Crippen LogP contribution in [0.2, 0.25) is 0 Å². The summed E-state index contributed by atoms with van der Waals surface area (Å²) >= 11 is 0. The van der Waals surface area contributed by atoms with Crippen LogP contribution < -0.4 is 15.0 Å². The van der Waals surface area contributed by atoms with Crippen LogP contribution in [-0.4, -0.2) is 24.0 Å². The summed E-state index contributed by atoms with van der Waals surface area (Å²) in [6.07, 6.45) is -9.64. The second-order valence-electron chi connectivity index (χ2n) is 9.88. The van der Waals surface area contributed by atoms with E-state index >= 15 is 0 Å². The van der Waals surface area contributed by atoms with Gasteiger partial charge in [-0.15, -0.1) is 13.2 Å². The van der Waals surface area contributed by atoms with Gasteiger partial charge < -0.3 is 10.1 Å². The van der Waals surface area contributed by atoms with E-state index in [0.717, 1.165) is 35.2 Å². The molecule has 7 nitrogen and oxygen atoms in total. The molecule has 0 aromatic heterocycles. The van der Waals surface area contributed by atoms with Crippen LogP contribution in [0.3, 0.4) is 0 Å². The largest absolute Gasteiger partial charge is 0.573 e. The molecule has 2 amide bonds. The van der Waals surface area contributed by atoms with Crippen LogP contribution in [0.15, 0.2) is 84.1 Å². The van der Waals surface area contributed by atoms with Crippen LogP contribution in [0, 0.1) is 17.2 Å². The van der Waals surface area contributed by atoms with Crippen molar-refractivity contribution in [3.8, 4) is 11.8 Å². The Morgan fingerprint density at radius 1 is 0.977 bits per heavy atom. The molecule has 13 heteroatoms. The molecule has 0 saturated heterocycles. The average molecular weight is 616 g/mol. The fourth-order valence-electron chi connectivity index (χ4n) is 5.07. The van der Waals surface area contributed by atoms with Gasteiger partial charge in [0, 0.05) is 29.4 Å². The van der Waals surface area contributed by atoms with Gasteiger partial charge in [0.05, 0.1) is 17.2 Å². The van der Waals surface area contributed by atoms with Crippen LogP contribution in [0.25, 0.3) is 0 Å². The molecule has 1 aliphatic rings. The number of hydrogen-bond acceptors (Lipinski definition) is 5. The van der Waals surface area contributed by atoms with E-state index in [1.165, 1.54) is 56.3 Å². The number of halogens is 6. The zero-order chi connectivity index (χ0) is 32.4. The molecule has 44 heavy (non-hydrogen) atoms. The fourth-order valence-corrected chi connectivity index (χ4v) is 5.07. The highest BCUT2D eigenvalue weighted by atomic mass is 19.4. The predicted molar refractivity (Wildman–Crippen MR) is 145 cm³/mol. The second-order valence-corrected chi connectivity index (χ2v) is 9.88. The average Bonchev–Trinajstić information content (AvgIpc) is 2.95. The summed E-state index contributed by atoms with van der Waals surface area (Å²) in [6.45, 7) is 2.36. The van der Waals surface area contributed by atoms with Gasteiger partial charge in [0.15, 0.2) is 5.78 Å². The summed E-state index contributed by atoms with van der Waals surface area (Å²) in [5.74, 6) is -5.64. The predicted octanol–water partition coefficient (Wildman–Crippen LogP) is 6.40. The summed E-state index contributed by atoms with van der Waals surface area (Å²) in [6, 6.07) is 16.3. The van der Waals surface area contributed by atoms with E-state index in [0.29, 0.717) is 11.1 Å². The first-order valence-corrected chi connectivity index (χ1v) is 13.0. The van der Waals surface area contributed by atoms with Gasteiger partial charge in [-0.05, 0) is 67.4 Å². The number of hydrogen-bond donors (Lipinski definition) is 1. The number of nitrogens with one attached hydrogen (secondary N) is 1. The van der Waals surface area contributed by atoms with E-state index in [9.17, 15) is 46.0 Å². The molecular formula is C31H23F6N3O4. The number of ketones is 1. The minimum Gasteiger partial charge on any atom is -0.406 e. The number of amides is 2. The molecule has 0 spiro atoms. The Labute approximate surface area is 247 Å². The number of ether oxygens (including phenoxy) is 1. The Hall–Kier alpha value is -5.12. The lowest BCUT2D eigenvalue weighted by Crippen LogP contribution is -2.50. The maximum atomic E-state index is 14.1. The van der Waals surface area contributed by atoms with Crippen LogP contribution in [0.5, 0.6) is 5.75 Å². The Bertz CT molecular complexity index is 1660. The third kappa shape index (κ3) is 6.91. The molecule has 1 heterocycles. The van der Waals surface area contributed by atoms with Crippen molar-refractivity contribution in [2.45, 2.75) is 38.8 Å². The van der Waals surface area contributed by atoms with Gasteiger partial charge in [0.2, 0.25) is 11.8 Å². The maximum Gasteiger partial charge on any atom is 0.573 e. The summed E-state index contributed by atoms with van der Waals surface area (Å²) < 4.78 is 81.9. The summed E-state index contributed by atoms with van der Waals surface area (Å²) in [4.78, 5) is 41.7. The van der Waals surface area contributed by atoms with E-state index in [-0.39, 0.29) is 29.1 Å². The molecule has 1 N–H and O–H groups in total. The van der Waals surface area contributed by atoms with E-state index < -0.39 is 53.3 Å². The van der Waals surface area contributed by atoms with Crippen LogP contribution in [-0.2, 0) is 27.1 Å². The molecule has 1 aliphatic heterocycles. The highest BCUT2D eigenvalue weighted by Gasteiger charge is 2.47. The Morgan fingerprint density at radius 2 is 1.61 bits per heavy atom. The van der Waals surface area contributed by atoms with Crippen molar-refractivity contribution in [2.24, 2.45) is 5.92 Å². The Morgan fingerprint density at radius 3 is 2.16 bits per heavy atom. The number of nitrogens with zero attached hydrogens (tertiary/aromatic N) is 2. The normalized spacial score (nSPS) is 17.2. The molecule has 3 aromatic carbocycles. The molecular weight excluding hydrogens is 592 g/mol. The molecule has 0 fully saturated rings. The van der Waals surface area contributed by atoms with Crippen molar-refractivity contribution in [3.05, 3.63) is 106 Å². The lowest BCUT2D eigenvalue weighted by Gasteiger charge is -2.39. The van der Waals surface area contributed by atoms with Crippen molar-refractivity contribution >= 4 is 23.3 Å². The molecule has 0 aliphatic carbocycles. The quantitative estimate of drug-likeness (QED) is 0.245. The van der Waals surface area contributed by atoms with Gasteiger partial charge in [0.25, 0.3) is 0 Å². The van der Waals surface area contributed by atoms with Crippen molar-refractivity contribution in [2.75, 3.05) is 4.90 Å². The minimum atomic E-state index is -4.90. The molecule has 4 rings (SSSR count). The van der Waals surface area contributed by atoms with Gasteiger partial charge in [-0.2, -0.15) is 18.4 Å². The van der Waals surface area contributed by atoms with E-state index in [4.69, 9.17) is 0 Å². The minimum absolute atomic E-state index is 0.000483. The number of Topliss-reactive ketones (excluding diaryl/α,β-unsaturated/α-hetero) is 1. The fraction of sp³-hybridized carbons (Fsp3) is 0.226. The number of alkyl halides is 6. The third-order valence-electron chi connectivity index (χ3n) is 6.97. The molecule has 0 saturated carbocycles. The molecule has 228 valence electrons. The number of anilines is 1. The summed E-state index contributed by atoms with van der Waals surface area (Å²) in [5, 5.41) is 11.8. The molecule has 0 radical (unpaired) electrons. The van der Waals surface area contributed by atoms with Crippen LogP contribution in [0.1, 0.15) is 42.0 Å². The first-order valence-electron chi connectivity index (χ1n) is 13.0. The topological polar surface area (TPSA) is 99.5 Å². The lowest BCUT2D eigenvalue weighted by atomic mass is 9.74. The smallest absolute Gasteiger partial charge is 0.406 e. The van der Waals surface area contributed by atoms with Gasteiger partial charge in [-0.1, -0.05) is 30.3 Å². The number of rotatable bonds is 7. The number of carbonyl (C=O) groups excluding carboxylic acids is 3. The van der Waals surface area contributed by atoms with E-state index in [2.05, 4.69) is 10.1 Å². The second kappa shape index (κ2) is 12.2. The van der Waals surface area contributed by atoms with Gasteiger partial charge in [0.1, 0.15) is 11.7 Å². The van der Waals surface area contributed by atoms with Gasteiger partial charge in [-0.3, -0.25) is 19.3 Å². The third-order valence-corrected chi connectivity index (χ3v) is 6.97. The van der Waals surface area contributed by atoms with Crippen LogP contribution >= 0.6 is 0 Å². The molecule has 2 atom stereocenters. The van der Waals surface area contributed by atoms with Crippen molar-refractivity contribution in [3.63, 3.8) is 0 Å². The summed E-state index contributed by atoms with van der Waals surface area (Å²) in [7, 11) is 0. The number of carbonyl (C=O) groups is 3. The first kappa shape index (κ1) is 31.8. The zero-order valence-corrected chi connectivity index (χ0v) is 23.1. The number of benzene rings is 3. The standard InChI is InChI=1S/C31H23F6N3O4/c1-17-25(18(2)41)26(21-10-6-19(15-38)7-11-21)27(29(43)40(17)23-5-3-4-22(14-23)30(32,33)34)28(42)39-16-20-8-12-24(13-9-20)44-31(35,36)37/h3-14,26-27H,16H2,1-2H3,(H,39,42). The lowest BCUT2D eigenvalue weighted by molar-refractivity contribution is -0.274. The summed E-state index contributed by atoms with van der Waals surface area (Å²) in [5.41, 5.74) is -0.282. The monoisotopic (exact) mass is 615 g/mol. The highest BCUT2D eigenvalue weighted by Crippen LogP contribution is 2.43. The Balaban J connectivity index is 1.77. The molecule has 0 bridgehead atoms. The molecule has 2 unspecified atom stereocenters. The van der Waals surface area contributed by atoms with Crippen molar-refractivity contribution in [1.29, 1.82) is 5.26 Å². The van der Waals surface area contributed by atoms with Crippen LogP contribution in [0.4, 0.5) is 32.0 Å². The number of allylic oxidation sites excluding steroid dienone is 2. The van der Waals surface area contributed by atoms with E-state index in [1.54, 1.807) is 0 Å². The van der Waals surface area contributed by atoms with E-state index in [1.807, 2.05) is 6.07 Å². The van der Waals surface area contributed by atoms with Crippen molar-refractivity contribution in [1.82, 2.24) is 5.32 Å². The molecule has 3 aromatic rings. The maximum absolute atomic E-state index is 14.1. The van der Waals surface area contributed by atoms with Gasteiger partial charge in [-0.25, -0.2) is 0 Å². The van der Waals surface area contributed by atoms with Gasteiger partial charge >= 0.3 is 12.5 Å². The Kier molecular flexibility index (Phi) is 8.85. The van der Waals surface area contributed by atoms with Crippen molar-refractivity contribution < 1.29 is 45.5 Å². The number of nitriles is 1.